The van der Waals surface area contributed by atoms with E-state index in [4.69, 9.17) is 4.74 Å². The van der Waals surface area contributed by atoms with Gasteiger partial charge >= 0.3 is 5.97 Å². The SMILES string of the molecule is O=C(O)c1cc(-c2ccc(COc3cccc4ccccc34)cc2)ccc1CS(=O)(=O)c1ccc2ccccc2c1. The summed E-state index contributed by atoms with van der Waals surface area (Å²) in [5.41, 5.74) is 2.70. The molecule has 0 fully saturated rings. The van der Waals surface area contributed by atoms with Crippen molar-refractivity contribution in [2.24, 2.45) is 0 Å². The average molecular weight is 559 g/mol. The van der Waals surface area contributed by atoms with Gasteiger partial charge in [0.15, 0.2) is 9.84 Å². The standard InChI is InChI=1S/C35H26O5S/c36-35(37)33-21-29(16-17-30(33)23-41(38,39)31-19-18-25-6-1-2-8-28(25)20-31)26-14-12-24(13-15-26)22-40-34-11-5-9-27-7-3-4-10-32(27)34/h1-21H,22-23H2,(H,36,37). The lowest BCUT2D eigenvalue weighted by Crippen LogP contribution is -2.10. The van der Waals surface area contributed by atoms with Crippen molar-refractivity contribution in [2.75, 3.05) is 0 Å². The molecular formula is C35H26O5S. The first-order valence-corrected chi connectivity index (χ1v) is 14.8. The largest absolute Gasteiger partial charge is 0.488 e. The molecule has 202 valence electrons. The maximum atomic E-state index is 13.2. The number of carboxylic acid groups (broad SMARTS) is 1. The Labute approximate surface area is 238 Å². The molecule has 0 heterocycles. The monoisotopic (exact) mass is 558 g/mol. The van der Waals surface area contributed by atoms with E-state index in [-0.39, 0.29) is 16.0 Å². The highest BCUT2D eigenvalue weighted by atomic mass is 32.2. The summed E-state index contributed by atoms with van der Waals surface area (Å²) in [7, 11) is -3.76. The molecule has 1 N–H and O–H groups in total. The molecule has 0 saturated heterocycles. The fraction of sp³-hybridized carbons (Fsp3) is 0.0571. The molecular weight excluding hydrogens is 532 g/mol. The summed E-state index contributed by atoms with van der Waals surface area (Å²) in [6.07, 6.45) is 0. The van der Waals surface area contributed by atoms with E-state index in [0.29, 0.717) is 12.2 Å². The predicted molar refractivity (Wildman–Crippen MR) is 162 cm³/mol. The molecule has 6 rings (SSSR count). The Morgan fingerprint density at radius 2 is 1.34 bits per heavy atom. The Kier molecular flexibility index (Phi) is 7.00. The molecule has 0 bridgehead atoms. The van der Waals surface area contributed by atoms with Crippen LogP contribution in [-0.2, 0) is 22.2 Å². The lowest BCUT2D eigenvalue weighted by molar-refractivity contribution is 0.0696. The number of benzene rings is 6. The average Bonchev–Trinajstić information content (AvgIpc) is 3.00. The van der Waals surface area contributed by atoms with Gasteiger partial charge in [-0.2, -0.15) is 0 Å². The van der Waals surface area contributed by atoms with Gasteiger partial charge in [-0.3, -0.25) is 0 Å². The highest BCUT2D eigenvalue weighted by Crippen LogP contribution is 2.29. The first-order chi connectivity index (χ1) is 19.9. The zero-order valence-corrected chi connectivity index (χ0v) is 22.8. The quantitative estimate of drug-likeness (QED) is 0.205. The van der Waals surface area contributed by atoms with Crippen molar-refractivity contribution in [3.8, 4) is 16.9 Å². The molecule has 0 aromatic heterocycles. The van der Waals surface area contributed by atoms with Gasteiger partial charge in [0.25, 0.3) is 0 Å². The van der Waals surface area contributed by atoms with Crippen LogP contribution in [0.15, 0.2) is 132 Å². The number of carbonyl (C=O) groups is 1. The van der Waals surface area contributed by atoms with E-state index in [1.54, 1.807) is 30.3 Å². The van der Waals surface area contributed by atoms with Crippen LogP contribution in [0.25, 0.3) is 32.7 Å². The van der Waals surface area contributed by atoms with Crippen LogP contribution < -0.4 is 4.74 Å². The second-order valence-corrected chi connectivity index (χ2v) is 11.9. The van der Waals surface area contributed by atoms with E-state index in [0.717, 1.165) is 38.4 Å². The van der Waals surface area contributed by atoms with Crippen molar-refractivity contribution in [3.05, 3.63) is 144 Å². The zero-order valence-electron chi connectivity index (χ0n) is 22.0. The molecule has 6 aromatic carbocycles. The smallest absolute Gasteiger partial charge is 0.336 e. The first kappa shape index (κ1) is 26.3. The Morgan fingerprint density at radius 1 is 0.659 bits per heavy atom. The van der Waals surface area contributed by atoms with Gasteiger partial charge < -0.3 is 9.84 Å². The molecule has 0 radical (unpaired) electrons. The molecule has 0 aliphatic rings. The normalized spacial score (nSPS) is 11.5. The molecule has 0 atom stereocenters. The molecule has 0 aliphatic heterocycles. The summed E-state index contributed by atoms with van der Waals surface area (Å²) >= 11 is 0. The number of fused-ring (bicyclic) bond motifs is 2. The third-order valence-electron chi connectivity index (χ3n) is 7.20. The maximum absolute atomic E-state index is 13.2. The number of rotatable bonds is 8. The van der Waals surface area contributed by atoms with Gasteiger partial charge in [-0.1, -0.05) is 103 Å². The fourth-order valence-corrected chi connectivity index (χ4v) is 6.42. The summed E-state index contributed by atoms with van der Waals surface area (Å²) in [6, 6.07) is 39.1. The molecule has 0 aliphatic carbocycles. The van der Waals surface area contributed by atoms with Crippen LogP contribution >= 0.6 is 0 Å². The molecule has 6 heteroatoms. The molecule has 41 heavy (non-hydrogen) atoms. The van der Waals surface area contributed by atoms with E-state index in [1.807, 2.05) is 91.0 Å². The topological polar surface area (TPSA) is 80.7 Å². The highest BCUT2D eigenvalue weighted by molar-refractivity contribution is 7.90. The van der Waals surface area contributed by atoms with Crippen LogP contribution in [0.1, 0.15) is 21.5 Å². The van der Waals surface area contributed by atoms with Crippen LogP contribution in [0, 0.1) is 0 Å². The van der Waals surface area contributed by atoms with E-state index in [9.17, 15) is 18.3 Å². The Hall–Kier alpha value is -4.94. The van der Waals surface area contributed by atoms with Gasteiger partial charge in [-0.15, -0.1) is 0 Å². The van der Waals surface area contributed by atoms with E-state index in [1.165, 1.54) is 6.07 Å². The van der Waals surface area contributed by atoms with Crippen LogP contribution in [-0.4, -0.2) is 19.5 Å². The van der Waals surface area contributed by atoms with Crippen LogP contribution in [0.3, 0.4) is 0 Å². The number of ether oxygens (including phenoxy) is 1. The summed E-state index contributed by atoms with van der Waals surface area (Å²) in [6.45, 7) is 0.389. The maximum Gasteiger partial charge on any atom is 0.336 e. The Morgan fingerprint density at radius 3 is 2.12 bits per heavy atom. The lowest BCUT2D eigenvalue weighted by atomic mass is 9.99. The van der Waals surface area contributed by atoms with Crippen LogP contribution in [0.5, 0.6) is 5.75 Å². The molecule has 6 aromatic rings. The Bertz CT molecular complexity index is 2010. The van der Waals surface area contributed by atoms with Crippen molar-refractivity contribution in [1.82, 2.24) is 0 Å². The molecule has 0 spiro atoms. The van der Waals surface area contributed by atoms with E-state index in [2.05, 4.69) is 0 Å². The van der Waals surface area contributed by atoms with Crippen molar-refractivity contribution >= 4 is 37.4 Å². The predicted octanol–water partition coefficient (Wildman–Crippen LogP) is 7.91. The third-order valence-corrected chi connectivity index (χ3v) is 8.86. The van der Waals surface area contributed by atoms with Crippen molar-refractivity contribution in [1.29, 1.82) is 0 Å². The van der Waals surface area contributed by atoms with Gasteiger partial charge in [0, 0.05) is 5.39 Å². The molecule has 0 amide bonds. The second-order valence-electron chi connectivity index (χ2n) is 9.91. The fourth-order valence-electron chi connectivity index (χ4n) is 5.01. The van der Waals surface area contributed by atoms with Gasteiger partial charge in [0.2, 0.25) is 0 Å². The number of hydrogen-bond acceptors (Lipinski definition) is 4. The number of carboxylic acids is 1. The third kappa shape index (κ3) is 5.55. The van der Waals surface area contributed by atoms with E-state index < -0.39 is 21.6 Å². The molecule has 0 saturated carbocycles. The van der Waals surface area contributed by atoms with Crippen LogP contribution in [0.2, 0.25) is 0 Å². The first-order valence-electron chi connectivity index (χ1n) is 13.1. The number of sulfone groups is 1. The Balaban J connectivity index is 1.21. The molecule has 0 unspecified atom stereocenters. The summed E-state index contributed by atoms with van der Waals surface area (Å²) in [5, 5.41) is 13.8. The summed E-state index contributed by atoms with van der Waals surface area (Å²) in [4.78, 5) is 12.3. The summed E-state index contributed by atoms with van der Waals surface area (Å²) in [5.74, 6) is -0.763. The summed E-state index contributed by atoms with van der Waals surface area (Å²) < 4.78 is 32.6. The van der Waals surface area contributed by atoms with E-state index >= 15 is 0 Å². The van der Waals surface area contributed by atoms with Gasteiger partial charge in [0.05, 0.1) is 16.2 Å². The van der Waals surface area contributed by atoms with Crippen molar-refractivity contribution < 1.29 is 23.1 Å². The zero-order chi connectivity index (χ0) is 28.4. The van der Waals surface area contributed by atoms with Crippen LogP contribution in [0.4, 0.5) is 0 Å². The number of hydrogen-bond donors (Lipinski definition) is 1. The number of aromatic carboxylic acids is 1. The minimum absolute atomic E-state index is 0.0322. The van der Waals surface area contributed by atoms with Gasteiger partial charge in [0.1, 0.15) is 12.4 Å². The van der Waals surface area contributed by atoms with Gasteiger partial charge in [-0.25, -0.2) is 13.2 Å². The van der Waals surface area contributed by atoms with Crippen molar-refractivity contribution in [3.63, 3.8) is 0 Å². The minimum Gasteiger partial charge on any atom is -0.488 e. The van der Waals surface area contributed by atoms with Gasteiger partial charge in [-0.05, 0) is 62.7 Å². The molecule has 5 nitrogen and oxygen atoms in total. The highest BCUT2D eigenvalue weighted by Gasteiger charge is 2.21. The minimum atomic E-state index is -3.76. The lowest BCUT2D eigenvalue weighted by Gasteiger charge is -2.12. The van der Waals surface area contributed by atoms with Crippen molar-refractivity contribution in [2.45, 2.75) is 17.3 Å². The second kappa shape index (κ2) is 10.9.